The molecule has 0 saturated heterocycles. The summed E-state index contributed by atoms with van der Waals surface area (Å²) in [5, 5.41) is 13.3. The first-order valence-corrected chi connectivity index (χ1v) is 10.3. The van der Waals surface area contributed by atoms with Crippen molar-refractivity contribution in [1.82, 2.24) is 4.31 Å². The van der Waals surface area contributed by atoms with Gasteiger partial charge in [0.05, 0.1) is 15.0 Å². The molecule has 1 unspecified atom stereocenters. The van der Waals surface area contributed by atoms with Crippen molar-refractivity contribution in [3.63, 3.8) is 0 Å². The lowest BCUT2D eigenvalue weighted by atomic mass is 10.2. The van der Waals surface area contributed by atoms with Gasteiger partial charge >= 0.3 is 0 Å². The fraction of sp³-hybridized carbons (Fsp3) is 0.235. The Morgan fingerprint density at radius 1 is 1.17 bits per heavy atom. The molecule has 0 aromatic heterocycles. The number of non-ortho nitro benzene ring substituents is 1. The molecule has 0 aliphatic heterocycles. The molecule has 1 amide bonds. The summed E-state index contributed by atoms with van der Waals surface area (Å²) in [5.74, 6) is -0.498. The quantitative estimate of drug-likeness (QED) is 0.497. The summed E-state index contributed by atoms with van der Waals surface area (Å²) in [6.45, 7) is 1.44. The zero-order valence-corrected chi connectivity index (χ0v) is 17.9. The maximum Gasteiger partial charge on any atom is 0.271 e. The maximum atomic E-state index is 12.4. The number of carbonyl (C=O) groups excluding carboxylic acids is 1. The number of rotatable bonds is 7. The standard InChI is InChI=1S/C17H17Cl2N3O6S/c1-10(28-15-7-5-12(22(24)25)9-14(15)19)17(23)20-11-4-6-13(18)16(8-11)29(26,27)21(2)3/h4-10H,1-3H3,(H,20,23). The van der Waals surface area contributed by atoms with Crippen LogP contribution in [0.15, 0.2) is 41.3 Å². The second-order valence-electron chi connectivity index (χ2n) is 6.05. The number of benzene rings is 2. The largest absolute Gasteiger partial charge is 0.479 e. The van der Waals surface area contributed by atoms with E-state index in [4.69, 9.17) is 27.9 Å². The van der Waals surface area contributed by atoms with Crippen LogP contribution in [0.2, 0.25) is 10.0 Å². The number of hydrogen-bond acceptors (Lipinski definition) is 6. The Balaban J connectivity index is 2.17. The molecule has 0 spiro atoms. The number of nitro groups is 1. The van der Waals surface area contributed by atoms with Gasteiger partial charge in [0.25, 0.3) is 11.6 Å². The van der Waals surface area contributed by atoms with Crippen LogP contribution in [-0.4, -0.2) is 43.8 Å². The summed E-state index contributed by atoms with van der Waals surface area (Å²) in [6, 6.07) is 7.63. The highest BCUT2D eigenvalue weighted by atomic mass is 35.5. The molecule has 0 aliphatic rings. The lowest BCUT2D eigenvalue weighted by molar-refractivity contribution is -0.384. The summed E-state index contributed by atoms with van der Waals surface area (Å²) < 4.78 is 31.1. The Hall–Kier alpha value is -2.40. The number of sulfonamides is 1. The molecule has 0 bridgehead atoms. The minimum Gasteiger partial charge on any atom is -0.479 e. The van der Waals surface area contributed by atoms with Crippen molar-refractivity contribution in [2.75, 3.05) is 19.4 Å². The first-order valence-electron chi connectivity index (χ1n) is 8.07. The smallest absolute Gasteiger partial charge is 0.271 e. The average Bonchev–Trinajstić information content (AvgIpc) is 2.64. The van der Waals surface area contributed by atoms with Crippen LogP contribution in [0.1, 0.15) is 6.92 Å². The van der Waals surface area contributed by atoms with Gasteiger partial charge in [-0.1, -0.05) is 23.2 Å². The van der Waals surface area contributed by atoms with Gasteiger partial charge in [-0.3, -0.25) is 14.9 Å². The van der Waals surface area contributed by atoms with Gasteiger partial charge in [-0.15, -0.1) is 0 Å². The molecule has 2 aromatic carbocycles. The van der Waals surface area contributed by atoms with Crippen LogP contribution in [0.4, 0.5) is 11.4 Å². The van der Waals surface area contributed by atoms with Crippen LogP contribution >= 0.6 is 23.2 Å². The first kappa shape index (κ1) is 22.9. The lowest BCUT2D eigenvalue weighted by Crippen LogP contribution is -2.30. The Morgan fingerprint density at radius 2 is 1.83 bits per heavy atom. The molecular weight excluding hydrogens is 445 g/mol. The summed E-state index contributed by atoms with van der Waals surface area (Å²) in [4.78, 5) is 22.4. The van der Waals surface area contributed by atoms with E-state index in [1.807, 2.05) is 0 Å². The number of carbonyl (C=O) groups is 1. The Labute approximate surface area is 177 Å². The fourth-order valence-corrected chi connectivity index (χ4v) is 3.78. The first-order chi connectivity index (χ1) is 13.4. The minimum atomic E-state index is -3.81. The fourth-order valence-electron chi connectivity index (χ4n) is 2.16. The van der Waals surface area contributed by atoms with Gasteiger partial charge < -0.3 is 10.1 Å². The van der Waals surface area contributed by atoms with Crippen LogP contribution in [0, 0.1) is 10.1 Å². The highest BCUT2D eigenvalue weighted by molar-refractivity contribution is 7.89. The van der Waals surface area contributed by atoms with Crippen LogP contribution < -0.4 is 10.1 Å². The molecular formula is C17H17Cl2N3O6S. The van der Waals surface area contributed by atoms with Crippen LogP contribution in [0.3, 0.4) is 0 Å². The Morgan fingerprint density at radius 3 is 2.38 bits per heavy atom. The molecule has 12 heteroatoms. The Bertz CT molecular complexity index is 1060. The molecule has 0 fully saturated rings. The second kappa shape index (κ2) is 8.95. The number of hydrogen-bond donors (Lipinski definition) is 1. The van der Waals surface area contributed by atoms with Crippen molar-refractivity contribution in [2.24, 2.45) is 0 Å². The van der Waals surface area contributed by atoms with Gasteiger partial charge in [0.1, 0.15) is 10.6 Å². The minimum absolute atomic E-state index is 0.0126. The van der Waals surface area contributed by atoms with Crippen molar-refractivity contribution in [3.8, 4) is 5.75 Å². The van der Waals surface area contributed by atoms with Crippen molar-refractivity contribution in [3.05, 3.63) is 56.6 Å². The Kier molecular flexibility index (Phi) is 7.06. The van der Waals surface area contributed by atoms with E-state index in [9.17, 15) is 23.3 Å². The molecule has 29 heavy (non-hydrogen) atoms. The zero-order chi connectivity index (χ0) is 21.9. The predicted molar refractivity (Wildman–Crippen MR) is 109 cm³/mol. The predicted octanol–water partition coefficient (Wildman–Crippen LogP) is 3.56. The SMILES string of the molecule is CC(Oc1ccc([N+](=O)[O-])cc1Cl)C(=O)Nc1ccc(Cl)c(S(=O)(=O)N(C)C)c1. The molecule has 9 nitrogen and oxygen atoms in total. The number of amides is 1. The molecule has 0 saturated carbocycles. The van der Waals surface area contributed by atoms with Crippen molar-refractivity contribution < 1.29 is 22.9 Å². The molecule has 156 valence electrons. The van der Waals surface area contributed by atoms with Crippen molar-refractivity contribution in [1.29, 1.82) is 0 Å². The van der Waals surface area contributed by atoms with Gasteiger partial charge in [-0.2, -0.15) is 0 Å². The number of ether oxygens (including phenoxy) is 1. The van der Waals surface area contributed by atoms with E-state index < -0.39 is 27.0 Å². The summed E-state index contributed by atoms with van der Waals surface area (Å²) in [5.41, 5.74) is -0.0136. The monoisotopic (exact) mass is 461 g/mol. The van der Waals surface area contributed by atoms with E-state index in [0.717, 1.165) is 10.4 Å². The van der Waals surface area contributed by atoms with E-state index >= 15 is 0 Å². The lowest BCUT2D eigenvalue weighted by Gasteiger charge is -2.17. The summed E-state index contributed by atoms with van der Waals surface area (Å²) >= 11 is 11.9. The molecule has 2 aromatic rings. The number of halogens is 2. The molecule has 0 heterocycles. The zero-order valence-electron chi connectivity index (χ0n) is 15.5. The molecule has 2 rings (SSSR count). The number of nitro benzene ring substituents is 1. The average molecular weight is 462 g/mol. The molecule has 1 N–H and O–H groups in total. The summed E-state index contributed by atoms with van der Waals surface area (Å²) in [7, 11) is -1.08. The highest BCUT2D eigenvalue weighted by Gasteiger charge is 2.23. The maximum absolute atomic E-state index is 12.4. The van der Waals surface area contributed by atoms with Gasteiger partial charge in [0.2, 0.25) is 10.0 Å². The van der Waals surface area contributed by atoms with E-state index in [2.05, 4.69) is 5.32 Å². The van der Waals surface area contributed by atoms with Gasteiger partial charge in [0.15, 0.2) is 6.10 Å². The third-order valence-corrected chi connectivity index (χ3v) is 6.35. The summed E-state index contributed by atoms with van der Waals surface area (Å²) in [6.07, 6.45) is -1.03. The molecule has 0 radical (unpaired) electrons. The van der Waals surface area contributed by atoms with E-state index in [1.165, 1.54) is 51.4 Å². The van der Waals surface area contributed by atoms with Gasteiger partial charge in [0, 0.05) is 31.9 Å². The van der Waals surface area contributed by atoms with Gasteiger partial charge in [-0.05, 0) is 31.2 Å². The van der Waals surface area contributed by atoms with E-state index in [0.29, 0.717) is 0 Å². The molecule has 1 atom stereocenters. The third-order valence-electron chi connectivity index (χ3n) is 3.76. The van der Waals surface area contributed by atoms with Crippen LogP contribution in [0.25, 0.3) is 0 Å². The number of nitrogens with zero attached hydrogens (tertiary/aromatic N) is 2. The van der Waals surface area contributed by atoms with Gasteiger partial charge in [-0.25, -0.2) is 12.7 Å². The topological polar surface area (TPSA) is 119 Å². The molecule has 0 aliphatic carbocycles. The van der Waals surface area contributed by atoms with Crippen molar-refractivity contribution >= 4 is 50.5 Å². The highest BCUT2D eigenvalue weighted by Crippen LogP contribution is 2.30. The second-order valence-corrected chi connectivity index (χ2v) is 8.99. The van der Waals surface area contributed by atoms with E-state index in [1.54, 1.807) is 0 Å². The third kappa shape index (κ3) is 5.36. The van der Waals surface area contributed by atoms with Crippen LogP contribution in [-0.2, 0) is 14.8 Å². The van der Waals surface area contributed by atoms with Crippen molar-refractivity contribution in [2.45, 2.75) is 17.9 Å². The van der Waals surface area contributed by atoms with E-state index in [-0.39, 0.29) is 32.1 Å². The van der Waals surface area contributed by atoms with Crippen LogP contribution in [0.5, 0.6) is 5.75 Å². The normalized spacial score (nSPS) is 12.5. The number of nitrogens with one attached hydrogen (secondary N) is 1. The number of anilines is 1.